The van der Waals surface area contributed by atoms with Crippen molar-refractivity contribution in [1.82, 2.24) is 5.32 Å². The van der Waals surface area contributed by atoms with Crippen molar-refractivity contribution in [2.45, 2.75) is 52.9 Å². The first-order valence-corrected chi connectivity index (χ1v) is 6.98. The molecule has 0 aromatic heterocycles. The maximum absolute atomic E-state index is 12.2. The number of nitrogens with one attached hydrogen (secondary N) is 1. The smallest absolute Gasteiger partial charge is 0.313 e. The molecule has 1 N–H and O–H groups in total. The third-order valence-corrected chi connectivity index (χ3v) is 3.56. The van der Waals surface area contributed by atoms with E-state index in [-0.39, 0.29) is 11.4 Å². The van der Waals surface area contributed by atoms with Crippen LogP contribution in [0.25, 0.3) is 0 Å². The van der Waals surface area contributed by atoms with Gasteiger partial charge in [0.25, 0.3) is 0 Å². The highest BCUT2D eigenvalue weighted by atomic mass is 16.5. The molecule has 0 bridgehead atoms. The Morgan fingerprint density at radius 1 is 1.47 bits per heavy atom. The molecule has 17 heavy (non-hydrogen) atoms. The lowest BCUT2D eigenvalue weighted by Crippen LogP contribution is -2.46. The van der Waals surface area contributed by atoms with Gasteiger partial charge in [-0.05, 0) is 38.1 Å². The molecule has 0 spiro atoms. The van der Waals surface area contributed by atoms with Gasteiger partial charge >= 0.3 is 5.97 Å². The Kier molecular flexibility index (Phi) is 5.96. The molecular weight excluding hydrogens is 214 g/mol. The predicted octanol–water partition coefficient (Wildman–Crippen LogP) is 2.75. The van der Waals surface area contributed by atoms with E-state index in [4.69, 9.17) is 4.74 Å². The molecule has 1 saturated heterocycles. The van der Waals surface area contributed by atoms with Crippen molar-refractivity contribution < 1.29 is 9.53 Å². The van der Waals surface area contributed by atoms with Crippen LogP contribution in [0.4, 0.5) is 0 Å². The van der Waals surface area contributed by atoms with Gasteiger partial charge in [0.1, 0.15) is 0 Å². The average molecular weight is 241 g/mol. The summed E-state index contributed by atoms with van der Waals surface area (Å²) in [7, 11) is 0. The van der Waals surface area contributed by atoms with Gasteiger partial charge in [-0.15, -0.1) is 0 Å². The summed E-state index contributed by atoms with van der Waals surface area (Å²) >= 11 is 0. The van der Waals surface area contributed by atoms with Gasteiger partial charge in [0, 0.05) is 6.54 Å². The highest BCUT2D eigenvalue weighted by Gasteiger charge is 2.40. The molecule has 1 heterocycles. The molecule has 1 unspecified atom stereocenters. The van der Waals surface area contributed by atoms with Crippen molar-refractivity contribution in [3.63, 3.8) is 0 Å². The first kappa shape index (κ1) is 14.5. The van der Waals surface area contributed by atoms with E-state index >= 15 is 0 Å². The number of carbonyl (C=O) groups excluding carboxylic acids is 1. The Morgan fingerprint density at radius 3 is 2.76 bits per heavy atom. The Labute approximate surface area is 105 Å². The van der Waals surface area contributed by atoms with Gasteiger partial charge in [0.2, 0.25) is 0 Å². The minimum Gasteiger partial charge on any atom is -0.465 e. The summed E-state index contributed by atoms with van der Waals surface area (Å²) in [5.41, 5.74) is -0.246. The number of piperidine rings is 1. The number of hydrogen-bond acceptors (Lipinski definition) is 3. The zero-order chi connectivity index (χ0) is 12.7. The molecule has 1 fully saturated rings. The Morgan fingerprint density at radius 2 is 2.24 bits per heavy atom. The van der Waals surface area contributed by atoms with Crippen molar-refractivity contribution in [1.29, 1.82) is 0 Å². The van der Waals surface area contributed by atoms with Gasteiger partial charge in [0.15, 0.2) is 0 Å². The summed E-state index contributed by atoms with van der Waals surface area (Å²) in [4.78, 5) is 12.2. The van der Waals surface area contributed by atoms with Gasteiger partial charge in [-0.2, -0.15) is 0 Å². The molecule has 1 atom stereocenters. The fraction of sp³-hybridized carbons (Fsp3) is 0.929. The monoisotopic (exact) mass is 241 g/mol. The Bertz CT molecular complexity index is 227. The lowest BCUT2D eigenvalue weighted by atomic mass is 9.77. The maximum Gasteiger partial charge on any atom is 0.313 e. The van der Waals surface area contributed by atoms with Crippen LogP contribution in [0.5, 0.6) is 0 Å². The van der Waals surface area contributed by atoms with Crippen molar-refractivity contribution >= 4 is 5.97 Å². The second-order valence-corrected chi connectivity index (χ2v) is 5.63. The third kappa shape index (κ3) is 4.30. The molecule has 0 amide bonds. The number of carbonyl (C=O) groups is 1. The molecule has 0 aromatic rings. The van der Waals surface area contributed by atoms with Crippen LogP contribution in [0.15, 0.2) is 0 Å². The zero-order valence-electron chi connectivity index (χ0n) is 11.6. The van der Waals surface area contributed by atoms with E-state index < -0.39 is 0 Å². The van der Waals surface area contributed by atoms with Crippen LogP contribution in [-0.2, 0) is 9.53 Å². The van der Waals surface area contributed by atoms with Crippen LogP contribution in [0.1, 0.15) is 52.9 Å². The molecule has 3 nitrogen and oxygen atoms in total. The van der Waals surface area contributed by atoms with Crippen molar-refractivity contribution in [3.8, 4) is 0 Å². The van der Waals surface area contributed by atoms with Crippen LogP contribution < -0.4 is 5.32 Å². The van der Waals surface area contributed by atoms with Crippen LogP contribution in [0.2, 0.25) is 0 Å². The molecule has 100 valence electrons. The zero-order valence-corrected chi connectivity index (χ0v) is 11.6. The van der Waals surface area contributed by atoms with Gasteiger partial charge in [-0.1, -0.05) is 27.2 Å². The highest BCUT2D eigenvalue weighted by Crippen LogP contribution is 2.33. The second kappa shape index (κ2) is 7.00. The molecule has 0 saturated carbocycles. The van der Waals surface area contributed by atoms with E-state index in [1.807, 2.05) is 0 Å². The fourth-order valence-electron chi connectivity index (χ4n) is 2.48. The molecular formula is C14H27NO2. The first-order valence-electron chi connectivity index (χ1n) is 6.98. The van der Waals surface area contributed by atoms with Crippen LogP contribution >= 0.6 is 0 Å². The van der Waals surface area contributed by atoms with Crippen LogP contribution in [0.3, 0.4) is 0 Å². The van der Waals surface area contributed by atoms with E-state index in [0.29, 0.717) is 12.5 Å². The minimum atomic E-state index is -0.246. The predicted molar refractivity (Wildman–Crippen MR) is 69.9 cm³/mol. The molecule has 0 aliphatic carbocycles. The Hall–Kier alpha value is -0.570. The number of ether oxygens (including phenoxy) is 1. The summed E-state index contributed by atoms with van der Waals surface area (Å²) in [6.45, 7) is 8.83. The summed E-state index contributed by atoms with van der Waals surface area (Å²) in [6.07, 6.45) is 5.01. The quantitative estimate of drug-likeness (QED) is 0.727. The standard InChI is InChI=1S/C14H27NO2/c1-4-7-14(8-5-9-15-11-14)13(16)17-10-6-12(2)3/h12,15H,4-11H2,1-3H3. The number of rotatable bonds is 6. The molecule has 1 aliphatic heterocycles. The van der Waals surface area contributed by atoms with E-state index in [2.05, 4.69) is 26.1 Å². The van der Waals surface area contributed by atoms with Crippen molar-refractivity contribution in [2.24, 2.45) is 11.3 Å². The van der Waals surface area contributed by atoms with Gasteiger partial charge in [-0.25, -0.2) is 0 Å². The maximum atomic E-state index is 12.2. The molecule has 1 aliphatic rings. The van der Waals surface area contributed by atoms with Crippen molar-refractivity contribution in [3.05, 3.63) is 0 Å². The average Bonchev–Trinajstić information content (AvgIpc) is 2.30. The normalized spacial score (nSPS) is 24.9. The van der Waals surface area contributed by atoms with Crippen LogP contribution in [-0.4, -0.2) is 25.7 Å². The van der Waals surface area contributed by atoms with E-state index in [1.54, 1.807) is 0 Å². The van der Waals surface area contributed by atoms with E-state index in [9.17, 15) is 4.79 Å². The third-order valence-electron chi connectivity index (χ3n) is 3.56. The second-order valence-electron chi connectivity index (χ2n) is 5.63. The largest absolute Gasteiger partial charge is 0.465 e. The first-order chi connectivity index (χ1) is 8.10. The van der Waals surface area contributed by atoms with Crippen molar-refractivity contribution in [2.75, 3.05) is 19.7 Å². The molecule has 0 radical (unpaired) electrons. The topological polar surface area (TPSA) is 38.3 Å². The summed E-state index contributed by atoms with van der Waals surface area (Å²) in [5, 5.41) is 3.34. The lowest BCUT2D eigenvalue weighted by Gasteiger charge is -2.35. The summed E-state index contributed by atoms with van der Waals surface area (Å²) in [5.74, 6) is 0.613. The molecule has 3 heteroatoms. The summed E-state index contributed by atoms with van der Waals surface area (Å²) in [6, 6.07) is 0. The highest BCUT2D eigenvalue weighted by molar-refractivity contribution is 5.77. The van der Waals surface area contributed by atoms with E-state index in [1.165, 1.54) is 0 Å². The molecule has 1 rings (SSSR count). The minimum absolute atomic E-state index is 0.0206. The van der Waals surface area contributed by atoms with Crippen LogP contribution in [0, 0.1) is 11.3 Å². The summed E-state index contributed by atoms with van der Waals surface area (Å²) < 4.78 is 5.47. The SMILES string of the molecule is CCCC1(C(=O)OCCC(C)C)CCCNC1. The van der Waals surface area contributed by atoms with Gasteiger partial charge in [0.05, 0.1) is 12.0 Å². The van der Waals surface area contributed by atoms with Gasteiger partial charge in [-0.3, -0.25) is 4.79 Å². The number of esters is 1. The number of hydrogen-bond donors (Lipinski definition) is 1. The lowest BCUT2D eigenvalue weighted by molar-refractivity contribution is -0.158. The fourth-order valence-corrected chi connectivity index (χ4v) is 2.48. The van der Waals surface area contributed by atoms with Gasteiger partial charge < -0.3 is 10.1 Å². The molecule has 0 aromatic carbocycles. The van der Waals surface area contributed by atoms with E-state index in [0.717, 1.165) is 45.2 Å². The Balaban J connectivity index is 2.48.